The molecule has 0 spiro atoms. The number of methoxy groups -OCH3 is 1. The van der Waals surface area contributed by atoms with Crippen molar-refractivity contribution in [2.75, 3.05) is 19.4 Å². The lowest BCUT2D eigenvalue weighted by Crippen LogP contribution is -2.52. The Morgan fingerprint density at radius 3 is 2.62 bits per heavy atom. The number of carbonyl (C=O) groups excluding carboxylic acids is 1. The Morgan fingerprint density at radius 1 is 1.24 bits per heavy atom. The summed E-state index contributed by atoms with van der Waals surface area (Å²) in [4.78, 5) is 13.1. The third-order valence-corrected chi connectivity index (χ3v) is 4.76. The zero-order valence-electron chi connectivity index (χ0n) is 12.7. The zero-order valence-corrected chi connectivity index (χ0v) is 13.5. The number of hydrogen-bond acceptors (Lipinski definition) is 4. The summed E-state index contributed by atoms with van der Waals surface area (Å²) in [6, 6.07) is 14.6. The van der Waals surface area contributed by atoms with Crippen LogP contribution >= 0.6 is 11.8 Å². The SMILES string of the molecule is CCNC(C)(CSc1ccc2ccccc2c1)C(=O)OC. The molecule has 112 valence electrons. The highest BCUT2D eigenvalue weighted by atomic mass is 32.2. The third-order valence-electron chi connectivity index (χ3n) is 3.45. The van der Waals surface area contributed by atoms with Gasteiger partial charge in [0.05, 0.1) is 7.11 Å². The summed E-state index contributed by atoms with van der Waals surface area (Å²) in [7, 11) is 1.43. The van der Waals surface area contributed by atoms with Gasteiger partial charge in [0.2, 0.25) is 0 Å². The van der Waals surface area contributed by atoms with E-state index in [1.165, 1.54) is 17.9 Å². The van der Waals surface area contributed by atoms with Crippen molar-refractivity contribution in [3.63, 3.8) is 0 Å². The Kier molecular flexibility index (Phi) is 5.26. The first-order valence-corrected chi connectivity index (χ1v) is 8.02. The molecule has 0 aliphatic carbocycles. The minimum Gasteiger partial charge on any atom is -0.468 e. The van der Waals surface area contributed by atoms with Crippen LogP contribution in [0.2, 0.25) is 0 Å². The van der Waals surface area contributed by atoms with E-state index in [-0.39, 0.29) is 5.97 Å². The van der Waals surface area contributed by atoms with Crippen LogP contribution in [0.15, 0.2) is 47.4 Å². The number of fused-ring (bicyclic) bond motifs is 1. The lowest BCUT2D eigenvalue weighted by molar-refractivity contribution is -0.146. The molecule has 0 aliphatic heterocycles. The summed E-state index contributed by atoms with van der Waals surface area (Å²) in [6.07, 6.45) is 0. The molecule has 0 fully saturated rings. The molecule has 2 aromatic carbocycles. The number of likely N-dealkylation sites (N-methyl/N-ethyl adjacent to an activating group) is 1. The molecule has 1 atom stereocenters. The Labute approximate surface area is 130 Å². The largest absolute Gasteiger partial charge is 0.468 e. The lowest BCUT2D eigenvalue weighted by Gasteiger charge is -2.27. The van der Waals surface area contributed by atoms with E-state index >= 15 is 0 Å². The maximum atomic E-state index is 12.0. The van der Waals surface area contributed by atoms with Gasteiger partial charge in [-0.2, -0.15) is 0 Å². The van der Waals surface area contributed by atoms with Crippen LogP contribution in [0.3, 0.4) is 0 Å². The maximum absolute atomic E-state index is 12.0. The minimum absolute atomic E-state index is 0.224. The van der Waals surface area contributed by atoms with Gasteiger partial charge in [-0.15, -0.1) is 11.8 Å². The van der Waals surface area contributed by atoms with Gasteiger partial charge in [-0.25, -0.2) is 0 Å². The van der Waals surface area contributed by atoms with Crippen LogP contribution in [0.25, 0.3) is 10.8 Å². The molecule has 0 bridgehead atoms. The molecule has 21 heavy (non-hydrogen) atoms. The molecule has 0 radical (unpaired) electrons. The van der Waals surface area contributed by atoms with Crippen molar-refractivity contribution in [3.05, 3.63) is 42.5 Å². The van der Waals surface area contributed by atoms with Crippen molar-refractivity contribution in [1.82, 2.24) is 5.32 Å². The number of carbonyl (C=O) groups is 1. The molecular weight excluding hydrogens is 282 g/mol. The molecule has 0 aliphatic rings. The highest BCUT2D eigenvalue weighted by molar-refractivity contribution is 7.99. The van der Waals surface area contributed by atoms with Crippen LogP contribution in [-0.2, 0) is 9.53 Å². The summed E-state index contributed by atoms with van der Waals surface area (Å²) < 4.78 is 4.91. The molecule has 2 aromatic rings. The van der Waals surface area contributed by atoms with Crippen molar-refractivity contribution >= 4 is 28.5 Å². The topological polar surface area (TPSA) is 38.3 Å². The number of nitrogens with one attached hydrogen (secondary N) is 1. The van der Waals surface area contributed by atoms with E-state index < -0.39 is 5.54 Å². The van der Waals surface area contributed by atoms with E-state index in [1.807, 2.05) is 26.0 Å². The van der Waals surface area contributed by atoms with Crippen molar-refractivity contribution in [2.45, 2.75) is 24.3 Å². The minimum atomic E-state index is -0.667. The van der Waals surface area contributed by atoms with E-state index in [0.717, 1.165) is 11.4 Å². The van der Waals surface area contributed by atoms with E-state index in [9.17, 15) is 4.79 Å². The number of hydrogen-bond donors (Lipinski definition) is 1. The molecule has 0 saturated carbocycles. The highest BCUT2D eigenvalue weighted by Gasteiger charge is 2.33. The van der Waals surface area contributed by atoms with Gasteiger partial charge in [-0.3, -0.25) is 4.79 Å². The van der Waals surface area contributed by atoms with Gasteiger partial charge in [0, 0.05) is 10.6 Å². The summed E-state index contributed by atoms with van der Waals surface area (Å²) in [5, 5.41) is 5.66. The van der Waals surface area contributed by atoms with Crippen LogP contribution in [0.5, 0.6) is 0 Å². The molecule has 4 heteroatoms. The number of benzene rings is 2. The predicted octanol–water partition coefficient (Wildman–Crippen LogP) is 3.47. The molecule has 0 heterocycles. The average Bonchev–Trinajstić information content (AvgIpc) is 2.52. The second kappa shape index (κ2) is 6.96. The molecule has 3 nitrogen and oxygen atoms in total. The first-order valence-electron chi connectivity index (χ1n) is 7.04. The van der Waals surface area contributed by atoms with Crippen LogP contribution in [0.4, 0.5) is 0 Å². The molecule has 0 aromatic heterocycles. The van der Waals surface area contributed by atoms with Gasteiger partial charge >= 0.3 is 5.97 Å². The summed E-state index contributed by atoms with van der Waals surface area (Å²) in [6.45, 7) is 4.60. The molecule has 2 rings (SSSR count). The van der Waals surface area contributed by atoms with Gasteiger partial charge < -0.3 is 10.1 Å². The maximum Gasteiger partial charge on any atom is 0.326 e. The van der Waals surface area contributed by atoms with Crippen LogP contribution in [-0.4, -0.2) is 30.9 Å². The van der Waals surface area contributed by atoms with E-state index in [2.05, 4.69) is 35.6 Å². The fraction of sp³-hybridized carbons (Fsp3) is 0.353. The Hall–Kier alpha value is -1.52. The Balaban J connectivity index is 2.13. The standard InChI is InChI=1S/C17H21NO2S/c1-4-18-17(2,16(19)20-3)12-21-15-10-9-13-7-5-6-8-14(13)11-15/h5-11,18H,4,12H2,1-3H3. The van der Waals surface area contributed by atoms with Gasteiger partial charge in [0.1, 0.15) is 5.54 Å². The Bertz CT molecular complexity index is 629. The van der Waals surface area contributed by atoms with E-state index in [4.69, 9.17) is 4.74 Å². The molecule has 0 amide bonds. The second-order valence-corrected chi connectivity index (χ2v) is 6.20. The summed E-state index contributed by atoms with van der Waals surface area (Å²) in [5.41, 5.74) is -0.667. The van der Waals surface area contributed by atoms with Gasteiger partial charge in [0.25, 0.3) is 0 Å². The fourth-order valence-corrected chi connectivity index (χ4v) is 3.33. The molecule has 1 unspecified atom stereocenters. The number of thioether (sulfide) groups is 1. The smallest absolute Gasteiger partial charge is 0.326 e. The Morgan fingerprint density at radius 2 is 1.95 bits per heavy atom. The molecule has 1 N–H and O–H groups in total. The number of rotatable bonds is 6. The predicted molar refractivity (Wildman–Crippen MR) is 88.8 cm³/mol. The van der Waals surface area contributed by atoms with Crippen molar-refractivity contribution in [1.29, 1.82) is 0 Å². The lowest BCUT2D eigenvalue weighted by atomic mass is 10.1. The normalized spacial score (nSPS) is 13.9. The summed E-state index contributed by atoms with van der Waals surface area (Å²) in [5.74, 6) is 0.406. The van der Waals surface area contributed by atoms with Gasteiger partial charge in [-0.05, 0) is 36.4 Å². The molecule has 0 saturated heterocycles. The average molecular weight is 303 g/mol. The van der Waals surface area contributed by atoms with Crippen LogP contribution in [0.1, 0.15) is 13.8 Å². The zero-order chi connectivity index (χ0) is 15.3. The van der Waals surface area contributed by atoms with Crippen molar-refractivity contribution < 1.29 is 9.53 Å². The second-order valence-electron chi connectivity index (χ2n) is 5.15. The number of esters is 1. The number of ether oxygens (including phenoxy) is 1. The first kappa shape index (κ1) is 15.9. The highest BCUT2D eigenvalue weighted by Crippen LogP contribution is 2.27. The van der Waals surface area contributed by atoms with E-state index in [0.29, 0.717) is 5.75 Å². The van der Waals surface area contributed by atoms with E-state index in [1.54, 1.807) is 11.8 Å². The molecular formula is C17H21NO2S. The quantitative estimate of drug-likeness (QED) is 0.655. The van der Waals surface area contributed by atoms with Crippen molar-refractivity contribution in [3.8, 4) is 0 Å². The summed E-state index contributed by atoms with van der Waals surface area (Å²) >= 11 is 1.66. The monoisotopic (exact) mass is 303 g/mol. The third kappa shape index (κ3) is 3.77. The van der Waals surface area contributed by atoms with Gasteiger partial charge in [-0.1, -0.05) is 37.3 Å². The first-order chi connectivity index (χ1) is 10.1. The van der Waals surface area contributed by atoms with Crippen LogP contribution in [0, 0.1) is 0 Å². The van der Waals surface area contributed by atoms with Gasteiger partial charge in [0.15, 0.2) is 0 Å². The fourth-order valence-electron chi connectivity index (χ4n) is 2.28. The van der Waals surface area contributed by atoms with Crippen molar-refractivity contribution in [2.24, 2.45) is 0 Å². The van der Waals surface area contributed by atoms with Crippen LogP contribution < -0.4 is 5.32 Å².